The second-order valence-corrected chi connectivity index (χ2v) is 7.84. The number of aliphatic carboxylic acids is 1. The molecular formula is C21H33N3O3. The molecule has 0 aliphatic carbocycles. The van der Waals surface area contributed by atoms with Gasteiger partial charge in [0.05, 0.1) is 0 Å². The van der Waals surface area contributed by atoms with E-state index in [-0.39, 0.29) is 24.5 Å². The number of carboxylic acid groups (broad SMARTS) is 1. The van der Waals surface area contributed by atoms with Gasteiger partial charge < -0.3 is 20.6 Å². The number of carboxylic acids is 1. The molecule has 6 nitrogen and oxygen atoms in total. The summed E-state index contributed by atoms with van der Waals surface area (Å²) in [5.74, 6) is -0.131. The molecule has 27 heavy (non-hydrogen) atoms. The lowest BCUT2D eigenvalue weighted by Crippen LogP contribution is -2.50. The summed E-state index contributed by atoms with van der Waals surface area (Å²) in [7, 11) is 0. The first-order valence-corrected chi connectivity index (χ1v) is 9.97. The minimum absolute atomic E-state index is 0.0407. The Balaban J connectivity index is 1.83. The SMILES string of the molecule is CC1CCCN(CC(C)NC(=O)NC(CCC(=O)O)Cc2ccccc2)C1. The van der Waals surface area contributed by atoms with Crippen LogP contribution in [0.1, 0.15) is 45.1 Å². The molecule has 0 spiro atoms. The van der Waals surface area contributed by atoms with E-state index in [9.17, 15) is 9.59 Å². The zero-order chi connectivity index (χ0) is 19.6. The van der Waals surface area contributed by atoms with Gasteiger partial charge in [-0.25, -0.2) is 4.79 Å². The molecule has 1 aliphatic rings. The van der Waals surface area contributed by atoms with Crippen molar-refractivity contribution in [2.45, 2.75) is 58.0 Å². The number of carbonyl (C=O) groups is 2. The number of nitrogens with one attached hydrogen (secondary N) is 2. The van der Waals surface area contributed by atoms with Crippen LogP contribution in [-0.4, -0.2) is 53.7 Å². The van der Waals surface area contributed by atoms with E-state index >= 15 is 0 Å². The maximum Gasteiger partial charge on any atom is 0.315 e. The average molecular weight is 376 g/mol. The second-order valence-electron chi connectivity index (χ2n) is 7.84. The summed E-state index contributed by atoms with van der Waals surface area (Å²) in [6.07, 6.45) is 3.58. The number of hydrogen-bond donors (Lipinski definition) is 3. The summed E-state index contributed by atoms with van der Waals surface area (Å²) in [4.78, 5) is 25.8. The fraction of sp³-hybridized carbons (Fsp3) is 0.619. The Morgan fingerprint density at radius 3 is 2.67 bits per heavy atom. The molecule has 2 amide bonds. The van der Waals surface area contributed by atoms with E-state index in [0.717, 1.165) is 25.2 Å². The highest BCUT2D eigenvalue weighted by molar-refractivity contribution is 5.74. The monoisotopic (exact) mass is 375 g/mol. The topological polar surface area (TPSA) is 81.7 Å². The number of urea groups is 1. The Morgan fingerprint density at radius 2 is 2.00 bits per heavy atom. The summed E-state index contributed by atoms with van der Waals surface area (Å²) in [5, 5.41) is 15.0. The van der Waals surface area contributed by atoms with E-state index in [0.29, 0.717) is 18.8 Å². The molecule has 3 unspecified atom stereocenters. The lowest BCUT2D eigenvalue weighted by atomic mass is 10.00. The highest BCUT2D eigenvalue weighted by atomic mass is 16.4. The molecule has 6 heteroatoms. The first-order chi connectivity index (χ1) is 12.9. The van der Waals surface area contributed by atoms with Crippen LogP contribution in [0.4, 0.5) is 4.79 Å². The Morgan fingerprint density at radius 1 is 1.26 bits per heavy atom. The molecule has 1 aliphatic heterocycles. The zero-order valence-corrected chi connectivity index (χ0v) is 16.5. The Labute approximate surface area is 162 Å². The third-order valence-corrected chi connectivity index (χ3v) is 5.02. The second kappa shape index (κ2) is 10.9. The molecule has 1 saturated heterocycles. The Hall–Kier alpha value is -2.08. The van der Waals surface area contributed by atoms with Gasteiger partial charge in [0, 0.05) is 31.6 Å². The van der Waals surface area contributed by atoms with E-state index in [4.69, 9.17) is 5.11 Å². The van der Waals surface area contributed by atoms with E-state index in [1.807, 2.05) is 37.3 Å². The van der Waals surface area contributed by atoms with Crippen LogP contribution in [0.3, 0.4) is 0 Å². The minimum Gasteiger partial charge on any atom is -0.481 e. The van der Waals surface area contributed by atoms with Gasteiger partial charge in [-0.3, -0.25) is 4.79 Å². The first kappa shape index (κ1) is 21.2. The van der Waals surface area contributed by atoms with Gasteiger partial charge in [-0.2, -0.15) is 0 Å². The van der Waals surface area contributed by atoms with E-state index in [2.05, 4.69) is 22.5 Å². The van der Waals surface area contributed by atoms with Crippen LogP contribution < -0.4 is 10.6 Å². The van der Waals surface area contributed by atoms with Crippen molar-refractivity contribution in [2.24, 2.45) is 5.92 Å². The van der Waals surface area contributed by atoms with Crippen molar-refractivity contribution in [1.29, 1.82) is 0 Å². The fourth-order valence-electron chi connectivity index (χ4n) is 3.76. The van der Waals surface area contributed by atoms with Crippen LogP contribution in [0.2, 0.25) is 0 Å². The van der Waals surface area contributed by atoms with Gasteiger partial charge >= 0.3 is 12.0 Å². The van der Waals surface area contributed by atoms with Crippen molar-refractivity contribution in [3.8, 4) is 0 Å². The fourth-order valence-corrected chi connectivity index (χ4v) is 3.76. The van der Waals surface area contributed by atoms with Crippen molar-refractivity contribution in [1.82, 2.24) is 15.5 Å². The van der Waals surface area contributed by atoms with Crippen LogP contribution in [-0.2, 0) is 11.2 Å². The summed E-state index contributed by atoms with van der Waals surface area (Å²) < 4.78 is 0. The number of rotatable bonds is 9. The van der Waals surface area contributed by atoms with E-state index in [1.165, 1.54) is 12.8 Å². The number of amides is 2. The number of likely N-dealkylation sites (tertiary alicyclic amines) is 1. The summed E-state index contributed by atoms with van der Waals surface area (Å²) in [5.41, 5.74) is 1.09. The van der Waals surface area contributed by atoms with Crippen molar-refractivity contribution < 1.29 is 14.7 Å². The van der Waals surface area contributed by atoms with E-state index < -0.39 is 5.97 Å². The van der Waals surface area contributed by atoms with E-state index in [1.54, 1.807) is 0 Å². The van der Waals surface area contributed by atoms with Crippen LogP contribution in [0.5, 0.6) is 0 Å². The van der Waals surface area contributed by atoms with Crippen LogP contribution >= 0.6 is 0 Å². The molecular weight excluding hydrogens is 342 g/mol. The van der Waals surface area contributed by atoms with Crippen LogP contribution in [0.15, 0.2) is 30.3 Å². The highest BCUT2D eigenvalue weighted by Crippen LogP contribution is 2.15. The normalized spacial score (nSPS) is 19.9. The molecule has 3 atom stereocenters. The quantitative estimate of drug-likeness (QED) is 0.620. The molecule has 1 heterocycles. The molecule has 1 aromatic carbocycles. The van der Waals surface area contributed by atoms with Gasteiger partial charge in [0.25, 0.3) is 0 Å². The van der Waals surface area contributed by atoms with Crippen molar-refractivity contribution in [3.05, 3.63) is 35.9 Å². The molecule has 3 N–H and O–H groups in total. The predicted octanol–water partition coefficient (Wildman–Crippen LogP) is 2.88. The lowest BCUT2D eigenvalue weighted by molar-refractivity contribution is -0.137. The lowest BCUT2D eigenvalue weighted by Gasteiger charge is -2.33. The van der Waals surface area contributed by atoms with Gasteiger partial charge in [-0.1, -0.05) is 37.3 Å². The third kappa shape index (κ3) is 8.43. The highest BCUT2D eigenvalue weighted by Gasteiger charge is 2.20. The Bertz CT molecular complexity index is 594. The van der Waals surface area contributed by atoms with Crippen molar-refractivity contribution in [3.63, 3.8) is 0 Å². The van der Waals surface area contributed by atoms with Gasteiger partial charge in [-0.15, -0.1) is 0 Å². The minimum atomic E-state index is -0.845. The number of carbonyl (C=O) groups excluding carboxylic acids is 1. The smallest absolute Gasteiger partial charge is 0.315 e. The molecule has 1 fully saturated rings. The van der Waals surface area contributed by atoms with Gasteiger partial charge in [0.1, 0.15) is 0 Å². The third-order valence-electron chi connectivity index (χ3n) is 5.02. The molecule has 0 saturated carbocycles. The summed E-state index contributed by atoms with van der Waals surface area (Å²) >= 11 is 0. The van der Waals surface area contributed by atoms with Crippen molar-refractivity contribution >= 4 is 12.0 Å². The molecule has 0 radical (unpaired) electrons. The number of benzene rings is 1. The Kier molecular flexibility index (Phi) is 8.58. The number of hydrogen-bond acceptors (Lipinski definition) is 3. The number of piperidine rings is 1. The van der Waals surface area contributed by atoms with Crippen LogP contribution in [0, 0.1) is 5.92 Å². The molecule has 0 aromatic heterocycles. The van der Waals surface area contributed by atoms with Crippen LogP contribution in [0.25, 0.3) is 0 Å². The molecule has 150 valence electrons. The summed E-state index contributed by atoms with van der Waals surface area (Å²) in [6, 6.07) is 9.45. The largest absolute Gasteiger partial charge is 0.481 e. The zero-order valence-electron chi connectivity index (χ0n) is 16.5. The number of nitrogens with zero attached hydrogens (tertiary/aromatic N) is 1. The standard InChI is InChI=1S/C21H33N3O3/c1-16-7-6-12-24(14-16)15-17(2)22-21(27)23-19(10-11-20(25)26)13-18-8-4-3-5-9-18/h3-5,8-9,16-17,19H,6-7,10-15H2,1-2H3,(H,25,26)(H2,22,23,27). The predicted molar refractivity (Wildman–Crippen MR) is 107 cm³/mol. The maximum absolute atomic E-state index is 12.4. The molecule has 1 aromatic rings. The average Bonchev–Trinajstić information content (AvgIpc) is 2.60. The van der Waals surface area contributed by atoms with Gasteiger partial charge in [-0.05, 0) is 50.6 Å². The first-order valence-electron chi connectivity index (χ1n) is 9.97. The maximum atomic E-state index is 12.4. The van der Waals surface area contributed by atoms with Crippen molar-refractivity contribution in [2.75, 3.05) is 19.6 Å². The van der Waals surface area contributed by atoms with Gasteiger partial charge in [0.2, 0.25) is 0 Å². The molecule has 0 bridgehead atoms. The molecule has 2 rings (SSSR count). The summed E-state index contributed by atoms with van der Waals surface area (Å²) in [6.45, 7) is 7.31. The van der Waals surface area contributed by atoms with Gasteiger partial charge in [0.15, 0.2) is 0 Å².